The highest BCUT2D eigenvalue weighted by Crippen LogP contribution is 2.18. The average molecular weight is 176 g/mol. The standard InChI is InChI=1S/C10H10NS/c1-11-7-8-12-10(11)9-5-3-2-4-6-9/h2-8H,1H3/q+1. The van der Waals surface area contributed by atoms with E-state index in [2.05, 4.69) is 47.5 Å². The number of aryl methyl sites for hydroxylation is 1. The van der Waals surface area contributed by atoms with Gasteiger partial charge in [0.15, 0.2) is 6.20 Å². The summed E-state index contributed by atoms with van der Waals surface area (Å²) in [6.45, 7) is 0. The summed E-state index contributed by atoms with van der Waals surface area (Å²) in [6.07, 6.45) is 2.08. The van der Waals surface area contributed by atoms with Gasteiger partial charge in [0.25, 0.3) is 5.01 Å². The molecule has 0 aliphatic heterocycles. The topological polar surface area (TPSA) is 3.88 Å². The van der Waals surface area contributed by atoms with E-state index in [1.54, 1.807) is 11.3 Å². The van der Waals surface area contributed by atoms with Gasteiger partial charge in [-0.1, -0.05) is 29.5 Å². The van der Waals surface area contributed by atoms with Crippen molar-refractivity contribution < 1.29 is 4.57 Å². The van der Waals surface area contributed by atoms with Gasteiger partial charge >= 0.3 is 0 Å². The van der Waals surface area contributed by atoms with Gasteiger partial charge in [-0.2, -0.15) is 4.57 Å². The van der Waals surface area contributed by atoms with Crippen molar-refractivity contribution >= 4 is 11.3 Å². The lowest BCUT2D eigenvalue weighted by Gasteiger charge is -1.91. The Balaban J connectivity index is 2.51. The lowest BCUT2D eigenvalue weighted by molar-refractivity contribution is -0.655. The van der Waals surface area contributed by atoms with Crippen LogP contribution in [0.1, 0.15) is 0 Å². The molecule has 0 bridgehead atoms. The van der Waals surface area contributed by atoms with Crippen molar-refractivity contribution in [2.75, 3.05) is 0 Å². The Hall–Kier alpha value is -1.15. The molecule has 60 valence electrons. The fourth-order valence-electron chi connectivity index (χ4n) is 1.19. The number of thiazole rings is 1. The van der Waals surface area contributed by atoms with Crippen molar-refractivity contribution in [3.05, 3.63) is 41.9 Å². The highest BCUT2D eigenvalue weighted by atomic mass is 32.1. The Morgan fingerprint density at radius 1 is 1.17 bits per heavy atom. The zero-order chi connectivity index (χ0) is 8.39. The van der Waals surface area contributed by atoms with Gasteiger partial charge in [-0.05, 0) is 12.1 Å². The first kappa shape index (κ1) is 7.50. The zero-order valence-corrected chi connectivity index (χ0v) is 7.71. The lowest BCUT2D eigenvalue weighted by atomic mass is 10.2. The van der Waals surface area contributed by atoms with Gasteiger partial charge in [-0.15, -0.1) is 0 Å². The van der Waals surface area contributed by atoms with E-state index < -0.39 is 0 Å². The molecule has 0 spiro atoms. The first-order valence-corrected chi connectivity index (χ1v) is 4.74. The summed E-state index contributed by atoms with van der Waals surface area (Å²) >= 11 is 1.77. The first-order valence-electron chi connectivity index (χ1n) is 3.86. The lowest BCUT2D eigenvalue weighted by Crippen LogP contribution is -2.26. The molecule has 12 heavy (non-hydrogen) atoms. The maximum atomic E-state index is 2.14. The molecule has 0 amide bonds. The van der Waals surface area contributed by atoms with Crippen molar-refractivity contribution in [3.8, 4) is 10.6 Å². The molecule has 1 aromatic heterocycles. The molecule has 1 heterocycles. The minimum atomic E-state index is 1.29. The predicted octanol–water partition coefficient (Wildman–Crippen LogP) is 2.24. The highest BCUT2D eigenvalue weighted by Gasteiger charge is 2.08. The fourth-order valence-corrected chi connectivity index (χ4v) is 2.06. The van der Waals surface area contributed by atoms with Crippen molar-refractivity contribution in [1.82, 2.24) is 0 Å². The summed E-state index contributed by atoms with van der Waals surface area (Å²) in [5, 5.41) is 3.40. The summed E-state index contributed by atoms with van der Waals surface area (Å²) < 4.78 is 2.14. The molecule has 2 aromatic rings. The van der Waals surface area contributed by atoms with E-state index in [0.29, 0.717) is 0 Å². The van der Waals surface area contributed by atoms with Crippen LogP contribution in [0.25, 0.3) is 10.6 Å². The van der Waals surface area contributed by atoms with E-state index in [1.807, 2.05) is 6.07 Å². The molecule has 2 heteroatoms. The monoisotopic (exact) mass is 176 g/mol. The highest BCUT2D eigenvalue weighted by molar-refractivity contribution is 7.12. The second-order valence-corrected chi connectivity index (χ2v) is 3.58. The van der Waals surface area contributed by atoms with Crippen LogP contribution in [0, 0.1) is 0 Å². The third kappa shape index (κ3) is 1.25. The Morgan fingerprint density at radius 3 is 2.50 bits per heavy atom. The van der Waals surface area contributed by atoms with E-state index in [9.17, 15) is 0 Å². The van der Waals surface area contributed by atoms with Crippen LogP contribution in [-0.4, -0.2) is 0 Å². The summed E-state index contributed by atoms with van der Waals surface area (Å²) in [6, 6.07) is 10.4. The second-order valence-electron chi connectivity index (χ2n) is 2.69. The van der Waals surface area contributed by atoms with Gasteiger partial charge in [-0.25, -0.2) is 0 Å². The largest absolute Gasteiger partial charge is 0.268 e. The summed E-state index contributed by atoms with van der Waals surface area (Å²) in [5.74, 6) is 0. The van der Waals surface area contributed by atoms with Crippen molar-refractivity contribution in [2.24, 2.45) is 7.05 Å². The minimum Gasteiger partial charge on any atom is -0.191 e. The van der Waals surface area contributed by atoms with E-state index in [-0.39, 0.29) is 0 Å². The van der Waals surface area contributed by atoms with E-state index in [4.69, 9.17) is 0 Å². The maximum Gasteiger partial charge on any atom is 0.268 e. The Labute approximate surface area is 75.9 Å². The Kier molecular flexibility index (Phi) is 1.92. The molecule has 1 nitrogen and oxygen atoms in total. The van der Waals surface area contributed by atoms with Crippen LogP contribution < -0.4 is 4.57 Å². The van der Waals surface area contributed by atoms with Gasteiger partial charge in [0.05, 0.1) is 10.9 Å². The number of benzene rings is 1. The van der Waals surface area contributed by atoms with Gasteiger partial charge < -0.3 is 0 Å². The van der Waals surface area contributed by atoms with Crippen molar-refractivity contribution in [1.29, 1.82) is 0 Å². The summed E-state index contributed by atoms with van der Waals surface area (Å²) in [5.41, 5.74) is 1.29. The van der Waals surface area contributed by atoms with E-state index in [0.717, 1.165) is 0 Å². The van der Waals surface area contributed by atoms with Crippen molar-refractivity contribution in [3.63, 3.8) is 0 Å². The van der Waals surface area contributed by atoms with Gasteiger partial charge in [0, 0.05) is 0 Å². The predicted molar refractivity (Wildman–Crippen MR) is 50.9 cm³/mol. The fraction of sp³-hybridized carbons (Fsp3) is 0.100. The second kappa shape index (κ2) is 3.07. The van der Waals surface area contributed by atoms with Crippen molar-refractivity contribution in [2.45, 2.75) is 0 Å². The van der Waals surface area contributed by atoms with Crippen LogP contribution in [0.5, 0.6) is 0 Å². The molecule has 0 N–H and O–H groups in total. The summed E-state index contributed by atoms with van der Waals surface area (Å²) in [4.78, 5) is 0. The quantitative estimate of drug-likeness (QED) is 0.587. The SMILES string of the molecule is C[n+]1ccsc1-c1ccccc1. The molecule has 0 aliphatic carbocycles. The number of hydrogen-bond donors (Lipinski definition) is 0. The van der Waals surface area contributed by atoms with E-state index in [1.165, 1.54) is 10.6 Å². The molecule has 2 rings (SSSR count). The molecule has 1 aromatic carbocycles. The normalized spacial score (nSPS) is 10.1. The molecule has 0 aliphatic rings. The molecule has 0 saturated carbocycles. The molecule has 0 fully saturated rings. The minimum absolute atomic E-state index is 1.29. The van der Waals surface area contributed by atoms with Crippen LogP contribution in [-0.2, 0) is 7.05 Å². The molecular formula is C10H10NS+. The Morgan fingerprint density at radius 2 is 1.92 bits per heavy atom. The van der Waals surface area contributed by atoms with Gasteiger partial charge in [0.2, 0.25) is 0 Å². The number of rotatable bonds is 1. The van der Waals surface area contributed by atoms with E-state index >= 15 is 0 Å². The molecular weight excluding hydrogens is 166 g/mol. The maximum absolute atomic E-state index is 2.14. The number of hydrogen-bond acceptors (Lipinski definition) is 1. The first-order chi connectivity index (χ1) is 5.88. The molecule has 0 atom stereocenters. The zero-order valence-electron chi connectivity index (χ0n) is 6.90. The third-order valence-electron chi connectivity index (χ3n) is 1.81. The molecule has 0 unspecified atom stereocenters. The van der Waals surface area contributed by atoms with Crippen LogP contribution in [0.15, 0.2) is 41.9 Å². The number of nitrogens with zero attached hydrogens (tertiary/aromatic N) is 1. The smallest absolute Gasteiger partial charge is 0.191 e. The summed E-state index contributed by atoms with van der Waals surface area (Å²) in [7, 11) is 2.07. The molecule has 0 radical (unpaired) electrons. The van der Waals surface area contributed by atoms with Crippen LogP contribution in [0.3, 0.4) is 0 Å². The molecule has 0 saturated heterocycles. The van der Waals surface area contributed by atoms with Crippen LogP contribution >= 0.6 is 11.3 Å². The van der Waals surface area contributed by atoms with Crippen LogP contribution in [0.4, 0.5) is 0 Å². The van der Waals surface area contributed by atoms with Gasteiger partial charge in [-0.3, -0.25) is 0 Å². The Bertz CT molecular complexity index is 364. The van der Waals surface area contributed by atoms with Crippen LogP contribution in [0.2, 0.25) is 0 Å². The average Bonchev–Trinajstić information content (AvgIpc) is 2.53. The third-order valence-corrected chi connectivity index (χ3v) is 2.81. The number of aromatic nitrogens is 1. The van der Waals surface area contributed by atoms with Gasteiger partial charge in [0.1, 0.15) is 7.05 Å².